The van der Waals surface area contributed by atoms with Crippen LogP contribution in [0.15, 0.2) is 23.1 Å². The van der Waals surface area contributed by atoms with Gasteiger partial charge in [0.25, 0.3) is 11.6 Å². The Morgan fingerprint density at radius 2 is 1.97 bits per heavy atom. The van der Waals surface area contributed by atoms with Crippen LogP contribution in [-0.4, -0.2) is 55.9 Å². The van der Waals surface area contributed by atoms with Crippen LogP contribution in [0.1, 0.15) is 32.6 Å². The van der Waals surface area contributed by atoms with Crippen molar-refractivity contribution in [3.8, 4) is 0 Å². The summed E-state index contributed by atoms with van der Waals surface area (Å²) < 4.78 is 31.7. The summed E-state index contributed by atoms with van der Waals surface area (Å²) in [4.78, 5) is 35.6. The Labute approximate surface area is 173 Å². The highest BCUT2D eigenvalue weighted by atomic mass is 35.5. The normalized spacial score (nSPS) is 15.6. The van der Waals surface area contributed by atoms with Crippen molar-refractivity contribution in [3.05, 3.63) is 33.3 Å². The van der Waals surface area contributed by atoms with Crippen molar-refractivity contribution in [2.75, 3.05) is 19.6 Å². The molecule has 0 bridgehead atoms. The van der Waals surface area contributed by atoms with Crippen molar-refractivity contribution < 1.29 is 27.7 Å². The number of rotatable bonds is 8. The first-order chi connectivity index (χ1) is 13.6. The van der Waals surface area contributed by atoms with Crippen LogP contribution in [0.3, 0.4) is 0 Å². The predicted octanol–water partition coefficient (Wildman–Crippen LogP) is 1.86. The lowest BCUT2D eigenvalue weighted by molar-refractivity contribution is -0.384. The molecule has 1 amide bonds. The lowest BCUT2D eigenvalue weighted by Crippen LogP contribution is -2.42. The monoisotopic (exact) mass is 447 g/mol. The molecule has 160 valence electrons. The number of halogens is 1. The summed E-state index contributed by atoms with van der Waals surface area (Å²) in [5.74, 6) is -1.00. The minimum Gasteiger partial charge on any atom is -0.452 e. The zero-order valence-corrected chi connectivity index (χ0v) is 17.4. The molecule has 29 heavy (non-hydrogen) atoms. The van der Waals surface area contributed by atoms with E-state index in [0.717, 1.165) is 37.5 Å². The highest BCUT2D eigenvalue weighted by molar-refractivity contribution is 7.89. The molecule has 0 aromatic heterocycles. The van der Waals surface area contributed by atoms with Gasteiger partial charge in [-0.15, -0.1) is 0 Å². The van der Waals surface area contributed by atoms with Crippen LogP contribution >= 0.6 is 11.6 Å². The lowest BCUT2D eigenvalue weighted by atomic mass is 10.1. The summed E-state index contributed by atoms with van der Waals surface area (Å²) in [6.07, 6.45) is 1.64. The highest BCUT2D eigenvalue weighted by Gasteiger charge is 2.25. The SMILES string of the molecule is CC(OC(=O)CCNS(=O)(=O)c1ccc(Cl)c([N+](=O)[O-])c1)C(=O)N1CCCCC1. The Hall–Kier alpha value is -2.24. The number of sulfonamides is 1. The molecule has 0 aliphatic carbocycles. The van der Waals surface area contributed by atoms with Gasteiger partial charge in [0.15, 0.2) is 6.10 Å². The number of hydrogen-bond acceptors (Lipinski definition) is 7. The lowest BCUT2D eigenvalue weighted by Gasteiger charge is -2.28. The molecule has 1 aliphatic rings. The fraction of sp³-hybridized carbons (Fsp3) is 0.529. The average Bonchev–Trinajstić information content (AvgIpc) is 2.67. The molecule has 12 heteroatoms. The largest absolute Gasteiger partial charge is 0.452 e. The topological polar surface area (TPSA) is 136 Å². The first kappa shape index (κ1) is 23.0. The van der Waals surface area contributed by atoms with Gasteiger partial charge in [0.05, 0.1) is 16.2 Å². The van der Waals surface area contributed by atoms with E-state index < -0.39 is 32.7 Å². The number of amides is 1. The van der Waals surface area contributed by atoms with Crippen LogP contribution < -0.4 is 4.72 Å². The number of likely N-dealkylation sites (tertiary alicyclic amines) is 1. The van der Waals surface area contributed by atoms with Crippen LogP contribution in [0.4, 0.5) is 5.69 Å². The Balaban J connectivity index is 1.86. The molecule has 10 nitrogen and oxygen atoms in total. The maximum Gasteiger partial charge on any atom is 0.307 e. The second-order valence-electron chi connectivity index (χ2n) is 6.54. The zero-order valence-electron chi connectivity index (χ0n) is 15.8. The number of nitro groups is 1. The number of esters is 1. The van der Waals surface area contributed by atoms with Gasteiger partial charge in [-0.05, 0) is 38.3 Å². The van der Waals surface area contributed by atoms with Gasteiger partial charge in [-0.3, -0.25) is 19.7 Å². The van der Waals surface area contributed by atoms with Crippen molar-refractivity contribution in [2.45, 2.75) is 43.6 Å². The molecule has 1 N–H and O–H groups in total. The van der Waals surface area contributed by atoms with E-state index in [1.165, 1.54) is 6.92 Å². The van der Waals surface area contributed by atoms with Gasteiger partial charge < -0.3 is 9.64 Å². The number of carbonyl (C=O) groups is 2. The number of nitrogens with zero attached hydrogens (tertiary/aromatic N) is 2. The van der Waals surface area contributed by atoms with Gasteiger partial charge in [0.1, 0.15) is 5.02 Å². The van der Waals surface area contributed by atoms with E-state index in [0.29, 0.717) is 13.1 Å². The van der Waals surface area contributed by atoms with Gasteiger partial charge >= 0.3 is 5.97 Å². The third-order valence-electron chi connectivity index (χ3n) is 4.37. The van der Waals surface area contributed by atoms with Gasteiger partial charge in [-0.25, -0.2) is 13.1 Å². The molecule has 1 atom stereocenters. The molecule has 0 saturated carbocycles. The van der Waals surface area contributed by atoms with E-state index >= 15 is 0 Å². The molecule has 0 spiro atoms. The molecule has 1 saturated heterocycles. The number of carbonyl (C=O) groups excluding carboxylic acids is 2. The van der Waals surface area contributed by atoms with Crippen molar-refractivity contribution in [1.82, 2.24) is 9.62 Å². The summed E-state index contributed by atoms with van der Waals surface area (Å²) >= 11 is 5.67. The maximum atomic E-state index is 12.2. The summed E-state index contributed by atoms with van der Waals surface area (Å²) in [5, 5.41) is 10.7. The molecule has 1 aliphatic heterocycles. The highest BCUT2D eigenvalue weighted by Crippen LogP contribution is 2.26. The molecule has 1 heterocycles. The zero-order chi connectivity index (χ0) is 21.6. The molecule has 1 unspecified atom stereocenters. The van der Waals surface area contributed by atoms with Crippen molar-refractivity contribution in [3.63, 3.8) is 0 Å². The Kier molecular flexibility index (Phi) is 7.94. The Bertz CT molecular complexity index is 885. The quantitative estimate of drug-likeness (QED) is 0.365. The Morgan fingerprint density at radius 3 is 2.59 bits per heavy atom. The van der Waals surface area contributed by atoms with Gasteiger partial charge in [-0.2, -0.15) is 0 Å². The number of nitro benzene ring substituents is 1. The number of ether oxygens (including phenoxy) is 1. The van der Waals surface area contributed by atoms with Crippen LogP contribution in [-0.2, 0) is 24.3 Å². The first-order valence-electron chi connectivity index (χ1n) is 9.03. The number of benzene rings is 1. The second kappa shape index (κ2) is 9.99. The third kappa shape index (κ3) is 6.38. The smallest absolute Gasteiger partial charge is 0.307 e. The minimum atomic E-state index is -4.09. The molecule has 0 radical (unpaired) electrons. The van der Waals surface area contributed by atoms with Crippen LogP contribution in [0.25, 0.3) is 0 Å². The van der Waals surface area contributed by atoms with Gasteiger partial charge in [0.2, 0.25) is 10.0 Å². The summed E-state index contributed by atoms with van der Waals surface area (Å²) in [6.45, 7) is 2.45. The summed E-state index contributed by atoms with van der Waals surface area (Å²) in [6, 6.07) is 3.06. The van der Waals surface area contributed by atoms with E-state index in [2.05, 4.69) is 4.72 Å². The number of nitrogens with one attached hydrogen (secondary N) is 1. The van der Waals surface area contributed by atoms with Crippen LogP contribution in [0.2, 0.25) is 5.02 Å². The van der Waals surface area contributed by atoms with Crippen LogP contribution in [0.5, 0.6) is 0 Å². The van der Waals surface area contributed by atoms with E-state index in [-0.39, 0.29) is 28.8 Å². The standard InChI is InChI=1S/C17H22ClN3O7S/c1-12(17(23)20-9-3-2-4-10-20)28-16(22)7-8-19-29(26,27)13-5-6-14(18)15(11-13)21(24)25/h5-6,11-12,19H,2-4,7-10H2,1H3. The summed E-state index contributed by atoms with van der Waals surface area (Å²) in [7, 11) is -4.09. The van der Waals surface area contributed by atoms with Crippen molar-refractivity contribution >= 4 is 39.2 Å². The van der Waals surface area contributed by atoms with E-state index in [1.54, 1.807) is 4.90 Å². The summed E-state index contributed by atoms with van der Waals surface area (Å²) in [5.41, 5.74) is -0.543. The number of hydrogen-bond donors (Lipinski definition) is 1. The predicted molar refractivity (Wildman–Crippen MR) is 104 cm³/mol. The van der Waals surface area contributed by atoms with Crippen LogP contribution in [0, 0.1) is 10.1 Å². The molecular weight excluding hydrogens is 426 g/mol. The van der Waals surface area contributed by atoms with Crippen molar-refractivity contribution in [2.24, 2.45) is 0 Å². The second-order valence-corrected chi connectivity index (χ2v) is 8.71. The van der Waals surface area contributed by atoms with Gasteiger partial charge in [0, 0.05) is 25.7 Å². The molecule has 1 fully saturated rings. The van der Waals surface area contributed by atoms with Crippen molar-refractivity contribution in [1.29, 1.82) is 0 Å². The van der Waals surface area contributed by atoms with E-state index in [4.69, 9.17) is 16.3 Å². The molecule has 1 aromatic rings. The van der Waals surface area contributed by atoms with E-state index in [1.807, 2.05) is 0 Å². The van der Waals surface area contributed by atoms with Gasteiger partial charge in [-0.1, -0.05) is 11.6 Å². The third-order valence-corrected chi connectivity index (χ3v) is 6.15. The fourth-order valence-electron chi connectivity index (χ4n) is 2.85. The minimum absolute atomic E-state index is 0.190. The molecule has 2 rings (SSSR count). The molecule has 1 aromatic carbocycles. The maximum absolute atomic E-state index is 12.2. The fourth-order valence-corrected chi connectivity index (χ4v) is 4.09. The van der Waals surface area contributed by atoms with E-state index in [9.17, 15) is 28.1 Å². The average molecular weight is 448 g/mol. The Morgan fingerprint density at radius 1 is 1.31 bits per heavy atom. The number of piperidine rings is 1. The molecular formula is C17H22ClN3O7S. The first-order valence-corrected chi connectivity index (χ1v) is 10.9.